The molecule has 20 heavy (non-hydrogen) atoms. The second-order valence-corrected chi connectivity index (χ2v) is 4.84. The monoisotopic (exact) mass is 263 g/mol. The molecule has 0 atom stereocenters. The molecule has 1 aliphatic carbocycles. The molecular weight excluding hydrogens is 250 g/mol. The van der Waals surface area contributed by atoms with Gasteiger partial charge in [-0.05, 0) is 47.9 Å². The average Bonchev–Trinajstić information content (AvgIpc) is 2.87. The van der Waals surface area contributed by atoms with Crippen LogP contribution in [0.15, 0.2) is 42.5 Å². The molecule has 3 rings (SSSR count). The van der Waals surface area contributed by atoms with Gasteiger partial charge in [-0.3, -0.25) is 4.79 Å². The Bertz CT molecular complexity index is 696. The zero-order chi connectivity index (χ0) is 13.9. The minimum Gasteiger partial charge on any atom is -0.489 e. The Morgan fingerprint density at radius 2 is 1.90 bits per heavy atom. The van der Waals surface area contributed by atoms with Crippen molar-refractivity contribution < 1.29 is 9.53 Å². The van der Waals surface area contributed by atoms with Crippen molar-refractivity contribution in [3.8, 4) is 11.8 Å². The number of benzene rings is 2. The Labute approximate surface area is 117 Å². The maximum absolute atomic E-state index is 11.5. The lowest BCUT2D eigenvalue weighted by atomic mass is 10.1. The number of ether oxygens (including phenoxy) is 1. The van der Waals surface area contributed by atoms with Crippen LogP contribution in [0.3, 0.4) is 0 Å². The van der Waals surface area contributed by atoms with Gasteiger partial charge < -0.3 is 4.74 Å². The number of rotatable bonds is 3. The summed E-state index contributed by atoms with van der Waals surface area (Å²) in [6, 6.07) is 15.0. The lowest BCUT2D eigenvalue weighted by Gasteiger charge is -2.08. The molecule has 0 saturated carbocycles. The number of Topliss-reactive ketones (excluding diaryl/α,β-unsaturated/α-hetero) is 1. The van der Waals surface area contributed by atoms with Crippen LogP contribution in [0.2, 0.25) is 0 Å². The Hall–Kier alpha value is -2.60. The predicted molar refractivity (Wildman–Crippen MR) is 74.6 cm³/mol. The third-order valence-electron chi connectivity index (χ3n) is 3.49. The summed E-state index contributed by atoms with van der Waals surface area (Å²) >= 11 is 0. The summed E-state index contributed by atoms with van der Waals surface area (Å²) in [5, 5.41) is 8.74. The molecule has 0 saturated heterocycles. The van der Waals surface area contributed by atoms with Crippen molar-refractivity contribution in [2.24, 2.45) is 0 Å². The van der Waals surface area contributed by atoms with Crippen molar-refractivity contribution in [2.45, 2.75) is 19.4 Å². The van der Waals surface area contributed by atoms with Gasteiger partial charge in [-0.2, -0.15) is 5.26 Å². The maximum Gasteiger partial charge on any atom is 0.163 e. The fourth-order valence-corrected chi connectivity index (χ4v) is 2.36. The standard InChI is InChI=1S/C17H13NO2/c18-10-12-1-3-13(4-2-12)11-20-15-6-7-16-14(9-15)5-8-17(16)19/h1-4,6-7,9H,5,8,11H2. The van der Waals surface area contributed by atoms with E-state index in [1.807, 2.05) is 30.3 Å². The minimum absolute atomic E-state index is 0.221. The number of carbonyl (C=O) groups excluding carboxylic acids is 1. The summed E-state index contributed by atoms with van der Waals surface area (Å²) in [6.07, 6.45) is 1.41. The highest BCUT2D eigenvalue weighted by molar-refractivity contribution is 6.00. The lowest BCUT2D eigenvalue weighted by Crippen LogP contribution is -1.97. The molecule has 0 aliphatic heterocycles. The first-order valence-electron chi connectivity index (χ1n) is 6.54. The van der Waals surface area contributed by atoms with Gasteiger partial charge in [0.1, 0.15) is 12.4 Å². The number of ketones is 1. The Kier molecular flexibility index (Phi) is 3.22. The van der Waals surface area contributed by atoms with E-state index in [2.05, 4.69) is 6.07 Å². The summed E-state index contributed by atoms with van der Waals surface area (Å²) in [4.78, 5) is 11.5. The van der Waals surface area contributed by atoms with Gasteiger partial charge in [-0.1, -0.05) is 12.1 Å². The largest absolute Gasteiger partial charge is 0.489 e. The van der Waals surface area contributed by atoms with Crippen molar-refractivity contribution in [2.75, 3.05) is 0 Å². The molecule has 0 aromatic heterocycles. The van der Waals surface area contributed by atoms with Crippen LogP contribution >= 0.6 is 0 Å². The van der Waals surface area contributed by atoms with Crippen molar-refractivity contribution in [3.63, 3.8) is 0 Å². The molecule has 98 valence electrons. The van der Waals surface area contributed by atoms with E-state index >= 15 is 0 Å². The number of nitriles is 1. The van der Waals surface area contributed by atoms with Crippen molar-refractivity contribution >= 4 is 5.78 Å². The van der Waals surface area contributed by atoms with E-state index in [0.29, 0.717) is 18.6 Å². The van der Waals surface area contributed by atoms with Crippen LogP contribution in [0, 0.1) is 11.3 Å². The van der Waals surface area contributed by atoms with Crippen LogP contribution in [0.5, 0.6) is 5.75 Å². The number of fused-ring (bicyclic) bond motifs is 1. The predicted octanol–water partition coefficient (Wildman–Crippen LogP) is 3.27. The van der Waals surface area contributed by atoms with Crippen LogP contribution in [-0.4, -0.2) is 5.78 Å². The smallest absolute Gasteiger partial charge is 0.163 e. The molecule has 0 bridgehead atoms. The molecular formula is C17H13NO2. The number of aryl methyl sites for hydroxylation is 1. The Balaban J connectivity index is 1.69. The molecule has 3 nitrogen and oxygen atoms in total. The van der Waals surface area contributed by atoms with E-state index < -0.39 is 0 Å². The highest BCUT2D eigenvalue weighted by Crippen LogP contribution is 2.26. The van der Waals surface area contributed by atoms with E-state index in [9.17, 15) is 4.79 Å². The van der Waals surface area contributed by atoms with Gasteiger partial charge in [0, 0.05) is 12.0 Å². The van der Waals surface area contributed by atoms with Gasteiger partial charge in [0.05, 0.1) is 11.6 Å². The topological polar surface area (TPSA) is 50.1 Å². The molecule has 0 fully saturated rings. The number of nitrogens with zero attached hydrogens (tertiary/aromatic N) is 1. The van der Waals surface area contributed by atoms with Crippen molar-refractivity contribution in [1.29, 1.82) is 5.26 Å². The number of hydrogen-bond donors (Lipinski definition) is 0. The summed E-state index contributed by atoms with van der Waals surface area (Å²) < 4.78 is 5.73. The van der Waals surface area contributed by atoms with Gasteiger partial charge in [-0.15, -0.1) is 0 Å². The first kappa shape index (κ1) is 12.4. The van der Waals surface area contributed by atoms with Crippen molar-refractivity contribution in [3.05, 3.63) is 64.7 Å². The minimum atomic E-state index is 0.221. The fraction of sp³-hybridized carbons (Fsp3) is 0.176. The molecule has 0 radical (unpaired) electrons. The summed E-state index contributed by atoms with van der Waals surface area (Å²) in [7, 11) is 0. The highest BCUT2D eigenvalue weighted by atomic mass is 16.5. The van der Waals surface area contributed by atoms with E-state index in [4.69, 9.17) is 10.00 Å². The molecule has 0 unspecified atom stereocenters. The van der Waals surface area contributed by atoms with Gasteiger partial charge in [0.2, 0.25) is 0 Å². The third kappa shape index (κ3) is 2.41. The summed E-state index contributed by atoms with van der Waals surface area (Å²) in [6.45, 7) is 0.457. The average molecular weight is 263 g/mol. The van der Waals surface area contributed by atoms with Gasteiger partial charge >= 0.3 is 0 Å². The SMILES string of the molecule is N#Cc1ccc(COc2ccc3c(c2)CCC3=O)cc1. The second-order valence-electron chi connectivity index (χ2n) is 4.84. The zero-order valence-corrected chi connectivity index (χ0v) is 10.9. The van der Waals surface area contributed by atoms with E-state index in [1.165, 1.54) is 0 Å². The first-order valence-corrected chi connectivity index (χ1v) is 6.54. The lowest BCUT2D eigenvalue weighted by molar-refractivity contribution is 0.0994. The fourth-order valence-electron chi connectivity index (χ4n) is 2.36. The molecule has 0 spiro atoms. The third-order valence-corrected chi connectivity index (χ3v) is 3.49. The van der Waals surface area contributed by atoms with Gasteiger partial charge in [0.15, 0.2) is 5.78 Å². The van der Waals surface area contributed by atoms with E-state index in [-0.39, 0.29) is 5.78 Å². The quantitative estimate of drug-likeness (QED) is 0.854. The Morgan fingerprint density at radius 3 is 2.65 bits per heavy atom. The molecule has 0 N–H and O–H groups in total. The normalized spacial score (nSPS) is 12.8. The summed E-state index contributed by atoms with van der Waals surface area (Å²) in [5.41, 5.74) is 3.56. The molecule has 0 amide bonds. The van der Waals surface area contributed by atoms with Crippen molar-refractivity contribution in [1.82, 2.24) is 0 Å². The molecule has 2 aromatic carbocycles. The number of hydrogen-bond acceptors (Lipinski definition) is 3. The van der Waals surface area contributed by atoms with Crippen LogP contribution in [0.1, 0.15) is 33.5 Å². The van der Waals surface area contributed by atoms with Crippen LogP contribution in [0.4, 0.5) is 0 Å². The second kappa shape index (κ2) is 5.18. The van der Waals surface area contributed by atoms with E-state index in [0.717, 1.165) is 28.9 Å². The maximum atomic E-state index is 11.5. The zero-order valence-electron chi connectivity index (χ0n) is 10.9. The van der Waals surface area contributed by atoms with Crippen LogP contribution in [-0.2, 0) is 13.0 Å². The van der Waals surface area contributed by atoms with Gasteiger partial charge in [-0.25, -0.2) is 0 Å². The molecule has 1 aliphatic rings. The first-order chi connectivity index (χ1) is 9.76. The molecule has 2 aromatic rings. The number of carbonyl (C=O) groups is 1. The molecule has 0 heterocycles. The van der Waals surface area contributed by atoms with Crippen LogP contribution < -0.4 is 4.74 Å². The van der Waals surface area contributed by atoms with Gasteiger partial charge in [0.25, 0.3) is 0 Å². The highest BCUT2D eigenvalue weighted by Gasteiger charge is 2.19. The Morgan fingerprint density at radius 1 is 1.10 bits per heavy atom. The summed E-state index contributed by atoms with van der Waals surface area (Å²) in [5.74, 6) is 1.00. The van der Waals surface area contributed by atoms with Crippen LogP contribution in [0.25, 0.3) is 0 Å². The van der Waals surface area contributed by atoms with E-state index in [1.54, 1.807) is 12.1 Å². The molecule has 3 heteroatoms.